The highest BCUT2D eigenvalue weighted by atomic mass is 16.3. The van der Waals surface area contributed by atoms with E-state index in [1.165, 1.54) is 18.2 Å². The van der Waals surface area contributed by atoms with Gasteiger partial charge >= 0.3 is 0 Å². The van der Waals surface area contributed by atoms with E-state index in [-0.39, 0.29) is 11.5 Å². The van der Waals surface area contributed by atoms with Gasteiger partial charge in [0.1, 0.15) is 5.78 Å². The number of carbonyl (C=O) groups excluding carboxylic acids is 1. The number of phenolic OH excluding ortho intramolecular Hbond substituents is 3. The van der Waals surface area contributed by atoms with E-state index in [2.05, 4.69) is 0 Å². The highest BCUT2D eigenvalue weighted by Gasteiger charge is 2.00. The van der Waals surface area contributed by atoms with Gasteiger partial charge < -0.3 is 15.3 Å². The zero-order valence-corrected chi connectivity index (χ0v) is 8.90. The first-order chi connectivity index (χ1) is 7.02. The lowest BCUT2D eigenvalue weighted by molar-refractivity contribution is -0.118. The highest BCUT2D eigenvalue weighted by Crippen LogP contribution is 2.32. The molecule has 15 heavy (non-hydrogen) atoms. The first-order valence-electron chi connectivity index (χ1n) is 4.74. The molecule has 0 aromatic heterocycles. The lowest BCUT2D eigenvalue weighted by Gasteiger charge is -1.96. The molecule has 1 aromatic carbocycles. The number of Topliss-reactive ketones (excluding diaryl/α,β-unsaturated/α-hetero) is 1. The van der Waals surface area contributed by atoms with Crippen LogP contribution in [0.15, 0.2) is 18.2 Å². The van der Waals surface area contributed by atoms with Crippen LogP contribution in [-0.4, -0.2) is 21.1 Å². The fraction of sp³-hybridized carbons (Fsp3) is 0.364. The lowest BCUT2D eigenvalue weighted by atomic mass is 10.3. The number of phenols is 3. The summed E-state index contributed by atoms with van der Waals surface area (Å²) in [4.78, 5) is 10.2. The van der Waals surface area contributed by atoms with E-state index < -0.39 is 5.75 Å². The van der Waals surface area contributed by atoms with Gasteiger partial charge in [-0.2, -0.15) is 0 Å². The summed E-state index contributed by atoms with van der Waals surface area (Å²) in [5.41, 5.74) is 0. The third kappa shape index (κ3) is 4.90. The third-order valence-electron chi connectivity index (χ3n) is 1.78. The molecule has 0 saturated carbocycles. The Morgan fingerprint density at radius 3 is 1.67 bits per heavy atom. The first-order valence-corrected chi connectivity index (χ1v) is 4.74. The summed E-state index contributed by atoms with van der Waals surface area (Å²) < 4.78 is 0. The van der Waals surface area contributed by atoms with Gasteiger partial charge in [-0.3, -0.25) is 4.79 Å². The van der Waals surface area contributed by atoms with Crippen molar-refractivity contribution in [1.82, 2.24) is 0 Å². The number of para-hydroxylation sites is 1. The van der Waals surface area contributed by atoms with E-state index in [0.29, 0.717) is 18.6 Å². The van der Waals surface area contributed by atoms with Gasteiger partial charge in [-0.25, -0.2) is 0 Å². The molecule has 0 aliphatic rings. The van der Waals surface area contributed by atoms with Crippen molar-refractivity contribution in [3.05, 3.63) is 18.2 Å². The predicted molar refractivity (Wildman–Crippen MR) is 57.0 cm³/mol. The Hall–Kier alpha value is -1.71. The number of hydrogen-bond donors (Lipinski definition) is 3. The Morgan fingerprint density at radius 1 is 1.07 bits per heavy atom. The van der Waals surface area contributed by atoms with Gasteiger partial charge in [0.25, 0.3) is 0 Å². The molecule has 4 heteroatoms. The largest absolute Gasteiger partial charge is 0.504 e. The first kappa shape index (κ1) is 13.3. The standard InChI is InChI=1S/C6H6O3.C5H10O/c7-4-2-1-3-5(8)6(4)9;1-3-5(6)4-2/h1-3,7-9H;3-4H2,1-2H3. The summed E-state index contributed by atoms with van der Waals surface area (Å²) in [5, 5.41) is 26.1. The fourth-order valence-corrected chi connectivity index (χ4v) is 0.769. The van der Waals surface area contributed by atoms with Gasteiger partial charge in [0.15, 0.2) is 17.2 Å². The average molecular weight is 212 g/mol. The van der Waals surface area contributed by atoms with Crippen LogP contribution in [-0.2, 0) is 4.79 Å². The molecule has 0 atom stereocenters. The Kier molecular flexibility index (Phi) is 5.94. The van der Waals surface area contributed by atoms with Crippen molar-refractivity contribution in [2.45, 2.75) is 26.7 Å². The molecule has 0 amide bonds. The summed E-state index contributed by atoms with van der Waals surface area (Å²) in [6.45, 7) is 3.76. The maximum Gasteiger partial charge on any atom is 0.200 e. The molecule has 0 saturated heterocycles. The van der Waals surface area contributed by atoms with Crippen LogP contribution in [0.1, 0.15) is 26.7 Å². The maximum absolute atomic E-state index is 10.2. The molecular weight excluding hydrogens is 196 g/mol. The van der Waals surface area contributed by atoms with Gasteiger partial charge in [0.05, 0.1) is 0 Å². The number of ketones is 1. The van der Waals surface area contributed by atoms with E-state index in [1.54, 1.807) is 0 Å². The second kappa shape index (κ2) is 6.70. The summed E-state index contributed by atoms with van der Waals surface area (Å²) in [6.07, 6.45) is 1.38. The van der Waals surface area contributed by atoms with E-state index >= 15 is 0 Å². The maximum atomic E-state index is 10.2. The van der Waals surface area contributed by atoms with Crippen LogP contribution < -0.4 is 0 Å². The highest BCUT2D eigenvalue weighted by molar-refractivity contribution is 5.77. The zero-order valence-electron chi connectivity index (χ0n) is 8.90. The van der Waals surface area contributed by atoms with E-state index in [0.717, 1.165) is 0 Å². The Bertz CT molecular complexity index is 294. The van der Waals surface area contributed by atoms with E-state index in [9.17, 15) is 4.79 Å². The summed E-state index contributed by atoms with van der Waals surface area (Å²) in [6, 6.07) is 4.01. The van der Waals surface area contributed by atoms with E-state index in [1.807, 2.05) is 13.8 Å². The van der Waals surface area contributed by atoms with Crippen LogP contribution in [0.2, 0.25) is 0 Å². The molecule has 3 N–H and O–H groups in total. The molecule has 0 unspecified atom stereocenters. The van der Waals surface area contributed by atoms with Gasteiger partial charge in [-0.15, -0.1) is 0 Å². The number of hydrogen-bond acceptors (Lipinski definition) is 4. The molecule has 1 aromatic rings. The SMILES string of the molecule is CCC(=O)CC.Oc1cccc(O)c1O. The normalized spacial score (nSPS) is 8.93. The predicted octanol–water partition coefficient (Wildman–Crippen LogP) is 2.18. The lowest BCUT2D eigenvalue weighted by Crippen LogP contribution is -1.88. The van der Waals surface area contributed by atoms with Crippen LogP contribution >= 0.6 is 0 Å². The minimum Gasteiger partial charge on any atom is -0.504 e. The molecular formula is C11H16O4. The summed E-state index contributed by atoms with van der Waals surface area (Å²) >= 11 is 0. The van der Waals surface area contributed by atoms with Crippen LogP contribution in [0.3, 0.4) is 0 Å². The van der Waals surface area contributed by atoms with Crippen molar-refractivity contribution in [2.75, 3.05) is 0 Å². The van der Waals surface area contributed by atoms with Crippen molar-refractivity contribution in [3.63, 3.8) is 0 Å². The fourth-order valence-electron chi connectivity index (χ4n) is 0.769. The summed E-state index contributed by atoms with van der Waals surface area (Å²) in [7, 11) is 0. The molecule has 1 rings (SSSR count). The van der Waals surface area contributed by atoms with Crippen molar-refractivity contribution < 1.29 is 20.1 Å². The molecule has 0 fully saturated rings. The number of carbonyl (C=O) groups is 1. The number of benzene rings is 1. The Balaban J connectivity index is 0.000000288. The molecule has 84 valence electrons. The molecule has 0 heterocycles. The molecule has 0 radical (unpaired) electrons. The van der Waals surface area contributed by atoms with E-state index in [4.69, 9.17) is 15.3 Å². The summed E-state index contributed by atoms with van der Waals surface area (Å²) in [5.74, 6) is -0.752. The second-order valence-corrected chi connectivity index (χ2v) is 2.89. The monoisotopic (exact) mass is 212 g/mol. The van der Waals surface area contributed by atoms with Gasteiger partial charge in [0.2, 0.25) is 0 Å². The van der Waals surface area contributed by atoms with Crippen molar-refractivity contribution in [2.24, 2.45) is 0 Å². The number of rotatable bonds is 2. The zero-order chi connectivity index (χ0) is 11.8. The van der Waals surface area contributed by atoms with Crippen LogP contribution in [0.5, 0.6) is 17.2 Å². The molecule has 0 bridgehead atoms. The molecule has 0 aliphatic heterocycles. The van der Waals surface area contributed by atoms with Gasteiger partial charge in [0, 0.05) is 12.8 Å². The topological polar surface area (TPSA) is 77.8 Å². The second-order valence-electron chi connectivity index (χ2n) is 2.89. The van der Waals surface area contributed by atoms with Gasteiger partial charge in [-0.05, 0) is 12.1 Å². The van der Waals surface area contributed by atoms with Crippen molar-refractivity contribution in [3.8, 4) is 17.2 Å². The number of aromatic hydroxyl groups is 3. The van der Waals surface area contributed by atoms with Crippen LogP contribution in [0, 0.1) is 0 Å². The van der Waals surface area contributed by atoms with Crippen molar-refractivity contribution in [1.29, 1.82) is 0 Å². The molecule has 4 nitrogen and oxygen atoms in total. The van der Waals surface area contributed by atoms with Crippen LogP contribution in [0.25, 0.3) is 0 Å². The minimum absolute atomic E-state index is 0.310. The average Bonchev–Trinajstić information content (AvgIpc) is 2.25. The third-order valence-corrected chi connectivity index (χ3v) is 1.78. The minimum atomic E-state index is -0.475. The Morgan fingerprint density at radius 2 is 1.47 bits per heavy atom. The molecule has 0 aliphatic carbocycles. The van der Waals surface area contributed by atoms with Crippen molar-refractivity contribution >= 4 is 5.78 Å². The van der Waals surface area contributed by atoms with Crippen LogP contribution in [0.4, 0.5) is 0 Å². The quantitative estimate of drug-likeness (QED) is 0.656. The molecule has 0 spiro atoms. The Labute approximate surface area is 88.8 Å². The van der Waals surface area contributed by atoms with Gasteiger partial charge in [-0.1, -0.05) is 19.9 Å². The smallest absolute Gasteiger partial charge is 0.200 e.